The highest BCUT2D eigenvalue weighted by atomic mass is 19.4. The summed E-state index contributed by atoms with van der Waals surface area (Å²) in [7, 11) is 1.52. The van der Waals surface area contributed by atoms with E-state index in [0.29, 0.717) is 35.3 Å². The van der Waals surface area contributed by atoms with Crippen LogP contribution in [0.15, 0.2) is 54.1 Å². The number of phenolic OH excluding ortho intramolecular Hbond substituents is 1. The van der Waals surface area contributed by atoms with E-state index in [1.54, 1.807) is 38.1 Å². The molecular formula is C34H34F5NO4. The third kappa shape index (κ3) is 6.12. The maximum atomic E-state index is 14.2. The van der Waals surface area contributed by atoms with E-state index in [4.69, 9.17) is 9.47 Å². The number of halogens is 5. The lowest BCUT2D eigenvalue weighted by molar-refractivity contribution is -0.137. The number of hydrogen-bond acceptors (Lipinski definition) is 4. The average molecular weight is 616 g/mol. The predicted octanol–water partition coefficient (Wildman–Crippen LogP) is 9.22. The number of hydrogen-bond donors (Lipinski definition) is 1. The van der Waals surface area contributed by atoms with E-state index in [0.717, 1.165) is 41.8 Å². The van der Waals surface area contributed by atoms with Gasteiger partial charge in [-0.2, -0.15) is 13.2 Å². The Morgan fingerprint density at radius 2 is 1.73 bits per heavy atom. The smallest absolute Gasteiger partial charge is 0.416 e. The number of benzene rings is 3. The molecule has 1 heterocycles. The highest BCUT2D eigenvalue weighted by Crippen LogP contribution is 2.47. The summed E-state index contributed by atoms with van der Waals surface area (Å²) in [6.45, 7) is 7.76. The van der Waals surface area contributed by atoms with E-state index in [9.17, 15) is 31.9 Å². The second-order valence-electron chi connectivity index (χ2n) is 12.4. The standard InChI is InChI=1S/C34H34F5NO4/c1-18-10-22(12-24(11-18)34(37,38)39)31-19(2)40(32(42)44-31)17-23-16-33(3,4)9-8-25(23)26-13-20(6-7-29(26)43-5)21-14-27(35)30(41)28(36)15-21/h6-7,10-15,19,31,41H,8-9,16-17H2,1-5H3/t19-,31-/m0/s1. The van der Waals surface area contributed by atoms with E-state index >= 15 is 0 Å². The van der Waals surface area contributed by atoms with Crippen molar-refractivity contribution in [3.8, 4) is 22.6 Å². The summed E-state index contributed by atoms with van der Waals surface area (Å²) in [5.74, 6) is -2.67. The van der Waals surface area contributed by atoms with Gasteiger partial charge in [0.1, 0.15) is 11.9 Å². The average Bonchev–Trinajstić information content (AvgIpc) is 3.22. The van der Waals surface area contributed by atoms with Crippen molar-refractivity contribution in [1.82, 2.24) is 4.90 Å². The molecule has 0 bridgehead atoms. The fourth-order valence-electron chi connectivity index (χ4n) is 6.25. The fourth-order valence-corrected chi connectivity index (χ4v) is 6.25. The minimum atomic E-state index is -4.54. The lowest BCUT2D eigenvalue weighted by Gasteiger charge is -2.36. The van der Waals surface area contributed by atoms with Gasteiger partial charge in [-0.1, -0.05) is 31.5 Å². The second kappa shape index (κ2) is 11.4. The Kier molecular flexibility index (Phi) is 8.16. The maximum Gasteiger partial charge on any atom is 0.416 e. The molecule has 1 aliphatic carbocycles. The molecule has 2 aliphatic rings. The maximum absolute atomic E-state index is 14.2. The zero-order valence-electron chi connectivity index (χ0n) is 25.1. The minimum Gasteiger partial charge on any atom is -0.503 e. The molecule has 44 heavy (non-hydrogen) atoms. The Labute approximate surface area is 252 Å². The molecule has 1 aliphatic heterocycles. The molecule has 1 amide bonds. The van der Waals surface area contributed by atoms with Crippen LogP contribution in [0.2, 0.25) is 0 Å². The third-order valence-electron chi connectivity index (χ3n) is 8.55. The van der Waals surface area contributed by atoms with Gasteiger partial charge >= 0.3 is 12.3 Å². The number of aromatic hydroxyl groups is 1. The molecule has 1 N–H and O–H groups in total. The van der Waals surface area contributed by atoms with Gasteiger partial charge in [0.2, 0.25) is 0 Å². The first kappa shape index (κ1) is 31.3. The monoisotopic (exact) mass is 615 g/mol. The molecule has 1 fully saturated rings. The molecule has 5 nitrogen and oxygen atoms in total. The number of methoxy groups -OCH3 is 1. The van der Waals surface area contributed by atoms with Crippen LogP contribution in [0.25, 0.3) is 16.7 Å². The molecule has 0 aromatic heterocycles. The van der Waals surface area contributed by atoms with Crippen molar-refractivity contribution >= 4 is 11.7 Å². The van der Waals surface area contributed by atoms with Crippen LogP contribution in [0.5, 0.6) is 11.5 Å². The van der Waals surface area contributed by atoms with Gasteiger partial charge < -0.3 is 14.6 Å². The SMILES string of the molecule is COc1ccc(-c2cc(F)c(O)c(F)c2)cc1C1=C(CN2C(=O)O[C@H](c3cc(C)cc(C(F)(F)F)c3)[C@@H]2C)CC(C)(C)CC1. The van der Waals surface area contributed by atoms with Crippen molar-refractivity contribution < 1.29 is 41.3 Å². The Morgan fingerprint density at radius 3 is 2.36 bits per heavy atom. The first-order chi connectivity index (χ1) is 20.6. The molecule has 10 heteroatoms. The Bertz CT molecular complexity index is 1620. The number of allylic oxidation sites excluding steroid dienone is 1. The number of alkyl halides is 3. The van der Waals surface area contributed by atoms with Crippen LogP contribution in [0.1, 0.15) is 68.4 Å². The van der Waals surface area contributed by atoms with Gasteiger partial charge in [0.15, 0.2) is 17.4 Å². The summed E-state index contributed by atoms with van der Waals surface area (Å²) < 4.78 is 80.4. The Hall–Kier alpha value is -4.08. The van der Waals surface area contributed by atoms with Crippen molar-refractivity contribution in [2.75, 3.05) is 13.7 Å². The Morgan fingerprint density at radius 1 is 1.05 bits per heavy atom. The number of aryl methyl sites for hydroxylation is 1. The molecule has 3 aromatic carbocycles. The summed E-state index contributed by atoms with van der Waals surface area (Å²) in [6.07, 6.45) is -3.96. The third-order valence-corrected chi connectivity index (χ3v) is 8.55. The summed E-state index contributed by atoms with van der Waals surface area (Å²) >= 11 is 0. The van der Waals surface area contributed by atoms with Crippen LogP contribution in [0.4, 0.5) is 26.7 Å². The molecule has 0 saturated carbocycles. The van der Waals surface area contributed by atoms with Crippen LogP contribution in [0.3, 0.4) is 0 Å². The van der Waals surface area contributed by atoms with E-state index in [1.807, 2.05) is 0 Å². The number of phenols is 1. The van der Waals surface area contributed by atoms with Crippen molar-refractivity contribution in [2.45, 2.75) is 65.3 Å². The first-order valence-electron chi connectivity index (χ1n) is 14.3. The first-order valence-corrected chi connectivity index (χ1v) is 14.3. The number of rotatable bonds is 6. The van der Waals surface area contributed by atoms with E-state index < -0.39 is 47.4 Å². The number of nitrogens with zero attached hydrogens (tertiary/aromatic N) is 1. The second-order valence-corrected chi connectivity index (χ2v) is 12.4. The molecule has 1 saturated heterocycles. The van der Waals surface area contributed by atoms with Crippen molar-refractivity contribution in [3.05, 3.63) is 88.0 Å². The number of ether oxygens (including phenoxy) is 2. The largest absolute Gasteiger partial charge is 0.503 e. The van der Waals surface area contributed by atoms with Gasteiger partial charge in [-0.25, -0.2) is 13.6 Å². The highest BCUT2D eigenvalue weighted by molar-refractivity contribution is 5.80. The molecule has 3 aromatic rings. The van der Waals surface area contributed by atoms with Crippen molar-refractivity contribution in [1.29, 1.82) is 0 Å². The quantitative estimate of drug-likeness (QED) is 0.281. The normalized spacial score (nSPS) is 20.2. The fraction of sp³-hybridized carbons (Fsp3) is 0.382. The predicted molar refractivity (Wildman–Crippen MR) is 156 cm³/mol. The molecule has 0 unspecified atom stereocenters. The highest BCUT2D eigenvalue weighted by Gasteiger charge is 2.42. The molecular weight excluding hydrogens is 581 g/mol. The van der Waals surface area contributed by atoms with Gasteiger partial charge in [0.05, 0.1) is 18.7 Å². The van der Waals surface area contributed by atoms with Gasteiger partial charge in [0.25, 0.3) is 0 Å². The molecule has 2 atom stereocenters. The van der Waals surface area contributed by atoms with Crippen LogP contribution in [0, 0.1) is 24.0 Å². The van der Waals surface area contributed by atoms with E-state index in [-0.39, 0.29) is 23.1 Å². The lowest BCUT2D eigenvalue weighted by atomic mass is 9.72. The molecule has 234 valence electrons. The summed E-state index contributed by atoms with van der Waals surface area (Å²) in [6, 6.07) is 10.4. The van der Waals surface area contributed by atoms with Crippen LogP contribution in [-0.4, -0.2) is 35.8 Å². The van der Waals surface area contributed by atoms with Crippen molar-refractivity contribution in [3.63, 3.8) is 0 Å². The van der Waals surface area contributed by atoms with E-state index in [2.05, 4.69) is 13.8 Å². The van der Waals surface area contributed by atoms with E-state index in [1.165, 1.54) is 12.0 Å². The number of carbonyl (C=O) groups is 1. The van der Waals surface area contributed by atoms with Gasteiger partial charge in [-0.3, -0.25) is 4.90 Å². The number of cyclic esters (lactones) is 1. The van der Waals surface area contributed by atoms with Crippen LogP contribution < -0.4 is 4.74 Å². The number of carbonyl (C=O) groups excluding carboxylic acids is 1. The molecule has 0 radical (unpaired) electrons. The van der Waals surface area contributed by atoms with Gasteiger partial charge in [-0.05, 0) is 103 Å². The van der Waals surface area contributed by atoms with Crippen LogP contribution >= 0.6 is 0 Å². The zero-order valence-corrected chi connectivity index (χ0v) is 25.1. The Balaban J connectivity index is 1.54. The lowest BCUT2D eigenvalue weighted by Crippen LogP contribution is -2.35. The van der Waals surface area contributed by atoms with Gasteiger partial charge in [0, 0.05) is 12.1 Å². The zero-order chi connectivity index (χ0) is 32.1. The molecule has 5 rings (SSSR count). The van der Waals surface area contributed by atoms with Crippen molar-refractivity contribution in [2.24, 2.45) is 5.41 Å². The topological polar surface area (TPSA) is 59.0 Å². The minimum absolute atomic E-state index is 0.0999. The van der Waals surface area contributed by atoms with Gasteiger partial charge in [-0.15, -0.1) is 0 Å². The molecule has 0 spiro atoms. The summed E-state index contributed by atoms with van der Waals surface area (Å²) in [4.78, 5) is 14.7. The van der Waals surface area contributed by atoms with Crippen LogP contribution in [-0.2, 0) is 10.9 Å². The summed E-state index contributed by atoms with van der Waals surface area (Å²) in [5.41, 5.74) is 3.09. The number of amides is 1. The summed E-state index contributed by atoms with van der Waals surface area (Å²) in [5, 5.41) is 9.56.